The lowest BCUT2D eigenvalue weighted by atomic mass is 10.1. The fraction of sp³-hybridized carbons (Fsp3) is 0.600. The Labute approximate surface area is 119 Å². The number of nitrogens with one attached hydrogen (secondary N) is 1. The second-order valence-electron chi connectivity index (χ2n) is 5.73. The number of amides is 1. The van der Waals surface area contributed by atoms with Gasteiger partial charge in [0.05, 0.1) is 0 Å². The van der Waals surface area contributed by atoms with Crippen molar-refractivity contribution in [1.29, 1.82) is 0 Å². The van der Waals surface area contributed by atoms with E-state index in [-0.39, 0.29) is 16.9 Å². The SMILES string of the molecule is Cc1cc(=O)c(C(=O)N2CCC[C@@H](N(C)C)CC2)c[nH]1. The Hall–Kier alpha value is -1.62. The smallest absolute Gasteiger partial charge is 0.259 e. The van der Waals surface area contributed by atoms with Crippen molar-refractivity contribution in [3.05, 3.63) is 33.7 Å². The minimum Gasteiger partial charge on any atom is -0.364 e. The van der Waals surface area contributed by atoms with E-state index in [2.05, 4.69) is 24.0 Å². The first kappa shape index (κ1) is 14.8. The zero-order chi connectivity index (χ0) is 14.7. The van der Waals surface area contributed by atoms with Crippen molar-refractivity contribution >= 4 is 5.91 Å². The highest BCUT2D eigenvalue weighted by molar-refractivity contribution is 5.93. The molecule has 1 aliphatic heterocycles. The minimum absolute atomic E-state index is 0.148. The third kappa shape index (κ3) is 3.28. The molecule has 2 heterocycles. The molecule has 1 aromatic rings. The van der Waals surface area contributed by atoms with Gasteiger partial charge in [-0.15, -0.1) is 0 Å². The second-order valence-corrected chi connectivity index (χ2v) is 5.73. The van der Waals surface area contributed by atoms with Gasteiger partial charge in [-0.1, -0.05) is 0 Å². The van der Waals surface area contributed by atoms with Crippen LogP contribution in [0.3, 0.4) is 0 Å². The highest BCUT2D eigenvalue weighted by Crippen LogP contribution is 2.16. The number of hydrogen-bond donors (Lipinski definition) is 1. The van der Waals surface area contributed by atoms with Gasteiger partial charge in [-0.2, -0.15) is 0 Å². The first-order valence-corrected chi connectivity index (χ1v) is 7.14. The summed E-state index contributed by atoms with van der Waals surface area (Å²) in [4.78, 5) is 31.3. The molecule has 0 aromatic carbocycles. The van der Waals surface area contributed by atoms with Crippen LogP contribution in [0.25, 0.3) is 0 Å². The van der Waals surface area contributed by atoms with Gasteiger partial charge in [0, 0.05) is 37.1 Å². The van der Waals surface area contributed by atoms with Crippen molar-refractivity contribution in [1.82, 2.24) is 14.8 Å². The maximum atomic E-state index is 12.5. The van der Waals surface area contributed by atoms with Crippen LogP contribution in [0.2, 0.25) is 0 Å². The van der Waals surface area contributed by atoms with Crippen molar-refractivity contribution < 1.29 is 4.79 Å². The molecule has 1 N–H and O–H groups in total. The highest BCUT2D eigenvalue weighted by atomic mass is 16.2. The number of nitrogens with zero attached hydrogens (tertiary/aromatic N) is 2. The average molecular weight is 277 g/mol. The summed E-state index contributed by atoms with van der Waals surface area (Å²) < 4.78 is 0. The monoisotopic (exact) mass is 277 g/mol. The van der Waals surface area contributed by atoms with E-state index in [1.807, 2.05) is 11.8 Å². The maximum Gasteiger partial charge on any atom is 0.259 e. The minimum atomic E-state index is -0.195. The van der Waals surface area contributed by atoms with Gasteiger partial charge in [-0.3, -0.25) is 9.59 Å². The van der Waals surface area contributed by atoms with Crippen LogP contribution in [0.4, 0.5) is 0 Å². The quantitative estimate of drug-likeness (QED) is 0.885. The Morgan fingerprint density at radius 1 is 1.35 bits per heavy atom. The van der Waals surface area contributed by atoms with Crippen molar-refractivity contribution in [2.45, 2.75) is 32.2 Å². The van der Waals surface area contributed by atoms with Crippen LogP contribution in [0, 0.1) is 6.92 Å². The zero-order valence-electron chi connectivity index (χ0n) is 12.5. The van der Waals surface area contributed by atoms with Gasteiger partial charge in [-0.25, -0.2) is 0 Å². The molecule has 0 radical (unpaired) electrons. The van der Waals surface area contributed by atoms with Crippen LogP contribution < -0.4 is 5.43 Å². The highest BCUT2D eigenvalue weighted by Gasteiger charge is 2.23. The number of likely N-dealkylation sites (tertiary alicyclic amines) is 1. The standard InChI is InChI=1S/C15H23N3O2/c1-11-9-14(19)13(10-16-11)15(20)18-7-4-5-12(6-8-18)17(2)3/h9-10,12H,4-8H2,1-3H3,(H,16,19)/t12-/m1/s1. The van der Waals surface area contributed by atoms with Crippen LogP contribution in [-0.4, -0.2) is 53.9 Å². The number of H-pyrrole nitrogens is 1. The number of carbonyl (C=O) groups excluding carboxylic acids is 1. The Balaban J connectivity index is 2.11. The molecule has 1 fully saturated rings. The number of aromatic nitrogens is 1. The summed E-state index contributed by atoms with van der Waals surface area (Å²) in [5.74, 6) is -0.148. The van der Waals surface area contributed by atoms with Gasteiger partial charge in [0.2, 0.25) is 0 Å². The van der Waals surface area contributed by atoms with E-state index >= 15 is 0 Å². The molecule has 110 valence electrons. The normalized spacial score (nSPS) is 20.0. The largest absolute Gasteiger partial charge is 0.364 e. The third-order valence-corrected chi connectivity index (χ3v) is 4.00. The first-order chi connectivity index (χ1) is 9.49. The topological polar surface area (TPSA) is 56.4 Å². The molecular formula is C15H23N3O2. The number of aryl methyl sites for hydroxylation is 1. The van der Waals surface area contributed by atoms with E-state index < -0.39 is 0 Å². The molecule has 1 saturated heterocycles. The summed E-state index contributed by atoms with van der Waals surface area (Å²) in [7, 11) is 4.15. The van der Waals surface area contributed by atoms with E-state index in [4.69, 9.17) is 0 Å². The molecule has 20 heavy (non-hydrogen) atoms. The average Bonchev–Trinajstić information content (AvgIpc) is 2.63. The van der Waals surface area contributed by atoms with Gasteiger partial charge in [0.1, 0.15) is 5.56 Å². The summed E-state index contributed by atoms with van der Waals surface area (Å²) in [6, 6.07) is 2.00. The van der Waals surface area contributed by atoms with E-state index in [0.29, 0.717) is 6.04 Å². The Bertz CT molecular complexity index is 536. The summed E-state index contributed by atoms with van der Waals surface area (Å²) >= 11 is 0. The predicted molar refractivity (Wildman–Crippen MR) is 79.0 cm³/mol. The molecule has 0 unspecified atom stereocenters. The number of pyridine rings is 1. The van der Waals surface area contributed by atoms with Gasteiger partial charge in [0.15, 0.2) is 5.43 Å². The lowest BCUT2D eigenvalue weighted by Crippen LogP contribution is -2.36. The Morgan fingerprint density at radius 3 is 2.75 bits per heavy atom. The first-order valence-electron chi connectivity index (χ1n) is 7.14. The molecule has 1 aliphatic rings. The summed E-state index contributed by atoms with van der Waals surface area (Å²) in [6.45, 7) is 3.26. The predicted octanol–water partition coefficient (Wildman–Crippen LogP) is 1.24. The second kappa shape index (κ2) is 6.22. The van der Waals surface area contributed by atoms with Crippen LogP contribution in [0.5, 0.6) is 0 Å². The Morgan fingerprint density at radius 2 is 2.10 bits per heavy atom. The molecule has 2 rings (SSSR count). The molecule has 0 aliphatic carbocycles. The molecule has 1 amide bonds. The third-order valence-electron chi connectivity index (χ3n) is 4.00. The molecule has 0 spiro atoms. The van der Waals surface area contributed by atoms with E-state index in [0.717, 1.165) is 38.0 Å². The van der Waals surface area contributed by atoms with Crippen molar-refractivity contribution in [3.63, 3.8) is 0 Å². The maximum absolute atomic E-state index is 12.5. The van der Waals surface area contributed by atoms with Crippen LogP contribution in [0.1, 0.15) is 35.3 Å². The molecule has 5 heteroatoms. The molecule has 1 aromatic heterocycles. The lowest BCUT2D eigenvalue weighted by Gasteiger charge is -2.23. The molecule has 0 saturated carbocycles. The number of aromatic amines is 1. The van der Waals surface area contributed by atoms with Gasteiger partial charge in [0.25, 0.3) is 5.91 Å². The summed E-state index contributed by atoms with van der Waals surface area (Å²) in [5, 5.41) is 0. The van der Waals surface area contributed by atoms with Crippen LogP contribution in [-0.2, 0) is 0 Å². The fourth-order valence-corrected chi connectivity index (χ4v) is 2.71. The summed E-state index contributed by atoms with van der Waals surface area (Å²) in [5.41, 5.74) is 0.827. The van der Waals surface area contributed by atoms with E-state index in [9.17, 15) is 9.59 Å². The van der Waals surface area contributed by atoms with Crippen LogP contribution >= 0.6 is 0 Å². The number of carbonyl (C=O) groups is 1. The van der Waals surface area contributed by atoms with E-state index in [1.165, 1.54) is 12.3 Å². The van der Waals surface area contributed by atoms with Gasteiger partial charge < -0.3 is 14.8 Å². The molecular weight excluding hydrogens is 254 g/mol. The molecule has 1 atom stereocenters. The van der Waals surface area contributed by atoms with Crippen LogP contribution in [0.15, 0.2) is 17.1 Å². The van der Waals surface area contributed by atoms with E-state index in [1.54, 1.807) is 0 Å². The zero-order valence-corrected chi connectivity index (χ0v) is 12.5. The van der Waals surface area contributed by atoms with Gasteiger partial charge in [-0.05, 0) is 40.3 Å². The van der Waals surface area contributed by atoms with Crippen molar-refractivity contribution in [2.75, 3.05) is 27.2 Å². The van der Waals surface area contributed by atoms with Crippen molar-refractivity contribution in [3.8, 4) is 0 Å². The molecule has 5 nitrogen and oxygen atoms in total. The Kier molecular flexibility index (Phi) is 4.60. The number of rotatable bonds is 2. The fourth-order valence-electron chi connectivity index (χ4n) is 2.71. The van der Waals surface area contributed by atoms with Gasteiger partial charge >= 0.3 is 0 Å². The summed E-state index contributed by atoms with van der Waals surface area (Å²) in [6.07, 6.45) is 4.58. The lowest BCUT2D eigenvalue weighted by molar-refractivity contribution is 0.0757. The number of hydrogen-bond acceptors (Lipinski definition) is 3. The molecule has 0 bridgehead atoms. The van der Waals surface area contributed by atoms with Crippen molar-refractivity contribution in [2.24, 2.45) is 0 Å².